The fourth-order valence-electron chi connectivity index (χ4n) is 3.77. The summed E-state index contributed by atoms with van der Waals surface area (Å²) in [6.45, 7) is 4.90. The molecule has 5 heteroatoms. The van der Waals surface area contributed by atoms with E-state index in [1.807, 2.05) is 73.7 Å². The summed E-state index contributed by atoms with van der Waals surface area (Å²) < 4.78 is 0. The number of hydrogen-bond acceptors (Lipinski definition) is 3. The van der Waals surface area contributed by atoms with Crippen LogP contribution >= 0.6 is 11.8 Å². The van der Waals surface area contributed by atoms with Crippen LogP contribution in [0.1, 0.15) is 29.2 Å². The van der Waals surface area contributed by atoms with E-state index in [2.05, 4.69) is 30.4 Å². The Balaban J connectivity index is 1.80. The zero-order valence-corrected chi connectivity index (χ0v) is 20.2. The monoisotopic (exact) mass is 460 g/mol. The Morgan fingerprint density at radius 3 is 2.15 bits per heavy atom. The van der Waals surface area contributed by atoms with E-state index in [0.29, 0.717) is 25.3 Å². The lowest BCUT2D eigenvalue weighted by Gasteiger charge is -2.31. The highest BCUT2D eigenvalue weighted by molar-refractivity contribution is 7.99. The minimum absolute atomic E-state index is 0.0244. The van der Waals surface area contributed by atoms with Gasteiger partial charge in [0.05, 0.1) is 5.75 Å². The quantitative estimate of drug-likeness (QED) is 0.438. The number of aryl methyl sites for hydroxylation is 1. The van der Waals surface area contributed by atoms with Crippen LogP contribution in [0.2, 0.25) is 0 Å². The van der Waals surface area contributed by atoms with Gasteiger partial charge in [-0.3, -0.25) is 9.59 Å². The first-order chi connectivity index (χ1) is 16.1. The number of hydrogen-bond donors (Lipinski definition) is 1. The van der Waals surface area contributed by atoms with E-state index in [1.165, 1.54) is 11.1 Å². The lowest BCUT2D eigenvalue weighted by atomic mass is 10.0. The molecule has 0 saturated heterocycles. The zero-order chi connectivity index (χ0) is 23.5. The summed E-state index contributed by atoms with van der Waals surface area (Å²) in [5.74, 6) is 0.945. The van der Waals surface area contributed by atoms with Crippen molar-refractivity contribution in [3.8, 4) is 0 Å². The molecule has 0 fully saturated rings. The van der Waals surface area contributed by atoms with Crippen LogP contribution < -0.4 is 5.32 Å². The molecule has 0 spiro atoms. The maximum absolute atomic E-state index is 13.5. The molecule has 0 aliphatic rings. The maximum Gasteiger partial charge on any atom is 0.243 e. The number of amides is 2. The van der Waals surface area contributed by atoms with E-state index in [0.717, 1.165) is 16.9 Å². The van der Waals surface area contributed by atoms with Gasteiger partial charge in [0.2, 0.25) is 11.8 Å². The number of rotatable bonds is 11. The summed E-state index contributed by atoms with van der Waals surface area (Å²) in [4.78, 5) is 28.3. The molecule has 0 heterocycles. The van der Waals surface area contributed by atoms with Crippen molar-refractivity contribution in [2.75, 3.05) is 12.3 Å². The molecule has 33 heavy (non-hydrogen) atoms. The molecular formula is C28H32N2O2S. The summed E-state index contributed by atoms with van der Waals surface area (Å²) in [6.07, 6.45) is 0.480. The first kappa shape index (κ1) is 24.6. The van der Waals surface area contributed by atoms with Crippen molar-refractivity contribution < 1.29 is 9.59 Å². The van der Waals surface area contributed by atoms with E-state index in [1.54, 1.807) is 16.7 Å². The van der Waals surface area contributed by atoms with Gasteiger partial charge in [-0.05, 0) is 30.5 Å². The van der Waals surface area contributed by atoms with E-state index in [-0.39, 0.29) is 11.8 Å². The Kier molecular flexibility index (Phi) is 9.58. The van der Waals surface area contributed by atoms with Crippen LogP contribution in [-0.2, 0) is 28.3 Å². The standard InChI is InChI=1S/C28H32N2O2S/c1-3-29-28(32)26(18-23-12-6-4-7-13-23)30(19-24-14-8-5-9-15-24)27(31)21-33-20-25-16-10-11-22(2)17-25/h4-17,26H,3,18-21H2,1-2H3,(H,29,32). The number of thioether (sulfide) groups is 1. The van der Waals surface area contributed by atoms with Crippen molar-refractivity contribution in [3.63, 3.8) is 0 Å². The Morgan fingerprint density at radius 1 is 0.879 bits per heavy atom. The predicted molar refractivity (Wildman–Crippen MR) is 137 cm³/mol. The maximum atomic E-state index is 13.5. The summed E-state index contributed by atoms with van der Waals surface area (Å²) in [7, 11) is 0. The highest BCUT2D eigenvalue weighted by atomic mass is 32.2. The molecule has 0 bridgehead atoms. The molecule has 3 aromatic carbocycles. The van der Waals surface area contributed by atoms with Crippen molar-refractivity contribution >= 4 is 23.6 Å². The number of likely N-dealkylation sites (N-methyl/N-ethyl adjacent to an activating group) is 1. The summed E-state index contributed by atoms with van der Waals surface area (Å²) in [5, 5.41) is 2.94. The number of carbonyl (C=O) groups is 2. The van der Waals surface area contributed by atoms with Gasteiger partial charge in [0.25, 0.3) is 0 Å². The average Bonchev–Trinajstić information content (AvgIpc) is 2.83. The third-order valence-electron chi connectivity index (χ3n) is 5.39. The second-order valence-electron chi connectivity index (χ2n) is 8.09. The minimum atomic E-state index is -0.570. The molecule has 172 valence electrons. The van der Waals surface area contributed by atoms with E-state index >= 15 is 0 Å². The van der Waals surface area contributed by atoms with Crippen LogP contribution in [0.15, 0.2) is 84.9 Å². The number of carbonyl (C=O) groups excluding carboxylic acids is 2. The van der Waals surface area contributed by atoms with Gasteiger partial charge < -0.3 is 10.2 Å². The second-order valence-corrected chi connectivity index (χ2v) is 9.07. The minimum Gasteiger partial charge on any atom is -0.355 e. The van der Waals surface area contributed by atoms with E-state index in [9.17, 15) is 9.59 Å². The Morgan fingerprint density at radius 2 is 1.52 bits per heavy atom. The SMILES string of the molecule is CCNC(=O)C(Cc1ccccc1)N(Cc1ccccc1)C(=O)CSCc1cccc(C)c1. The van der Waals surface area contributed by atoms with Gasteiger partial charge in [0, 0.05) is 25.3 Å². The normalized spacial score (nSPS) is 11.6. The Hall–Kier alpha value is -3.05. The second kappa shape index (κ2) is 12.9. The largest absolute Gasteiger partial charge is 0.355 e. The van der Waals surface area contributed by atoms with Gasteiger partial charge in [-0.25, -0.2) is 0 Å². The fraction of sp³-hybridized carbons (Fsp3) is 0.286. The summed E-state index contributed by atoms with van der Waals surface area (Å²) in [5.41, 5.74) is 4.46. The van der Waals surface area contributed by atoms with Crippen molar-refractivity contribution in [2.24, 2.45) is 0 Å². The van der Waals surface area contributed by atoms with Crippen molar-refractivity contribution in [1.29, 1.82) is 0 Å². The van der Waals surface area contributed by atoms with E-state index in [4.69, 9.17) is 0 Å². The molecule has 2 amide bonds. The van der Waals surface area contributed by atoms with Crippen molar-refractivity contribution in [1.82, 2.24) is 10.2 Å². The molecule has 0 aromatic heterocycles. The Labute approximate surface area is 201 Å². The van der Waals surface area contributed by atoms with E-state index < -0.39 is 6.04 Å². The van der Waals surface area contributed by atoms with Gasteiger partial charge >= 0.3 is 0 Å². The van der Waals surface area contributed by atoms with Crippen LogP contribution in [0.25, 0.3) is 0 Å². The molecule has 1 unspecified atom stereocenters. The summed E-state index contributed by atoms with van der Waals surface area (Å²) >= 11 is 1.59. The molecule has 0 aliphatic carbocycles. The number of benzene rings is 3. The number of nitrogens with zero attached hydrogens (tertiary/aromatic N) is 1. The van der Waals surface area contributed by atoms with Crippen LogP contribution in [0.4, 0.5) is 0 Å². The third-order valence-corrected chi connectivity index (χ3v) is 6.38. The number of nitrogens with one attached hydrogen (secondary N) is 1. The molecule has 0 radical (unpaired) electrons. The van der Waals surface area contributed by atoms with Gasteiger partial charge in [0.1, 0.15) is 6.04 Å². The molecule has 0 saturated carbocycles. The van der Waals surface area contributed by atoms with Crippen LogP contribution in [0, 0.1) is 6.92 Å². The topological polar surface area (TPSA) is 49.4 Å². The van der Waals surface area contributed by atoms with Gasteiger partial charge in [0.15, 0.2) is 0 Å². The van der Waals surface area contributed by atoms with Crippen LogP contribution in [-0.4, -0.2) is 35.1 Å². The zero-order valence-electron chi connectivity index (χ0n) is 19.4. The van der Waals surface area contributed by atoms with Gasteiger partial charge in [-0.1, -0.05) is 90.5 Å². The van der Waals surface area contributed by atoms with Gasteiger partial charge in [-0.15, -0.1) is 11.8 Å². The molecule has 4 nitrogen and oxygen atoms in total. The van der Waals surface area contributed by atoms with Crippen molar-refractivity contribution in [2.45, 2.75) is 38.6 Å². The first-order valence-electron chi connectivity index (χ1n) is 11.3. The smallest absolute Gasteiger partial charge is 0.243 e. The van der Waals surface area contributed by atoms with Crippen LogP contribution in [0.5, 0.6) is 0 Å². The molecule has 1 N–H and O–H groups in total. The summed E-state index contributed by atoms with van der Waals surface area (Å²) in [6, 6.07) is 27.5. The lowest BCUT2D eigenvalue weighted by molar-refractivity contribution is -0.139. The third kappa shape index (κ3) is 7.79. The molecule has 0 aliphatic heterocycles. The Bertz CT molecular complexity index is 1020. The molecule has 3 aromatic rings. The van der Waals surface area contributed by atoms with Gasteiger partial charge in [-0.2, -0.15) is 0 Å². The average molecular weight is 461 g/mol. The van der Waals surface area contributed by atoms with Crippen LogP contribution in [0.3, 0.4) is 0 Å². The lowest BCUT2D eigenvalue weighted by Crippen LogP contribution is -2.51. The highest BCUT2D eigenvalue weighted by Crippen LogP contribution is 2.19. The predicted octanol–water partition coefficient (Wildman–Crippen LogP) is 5.00. The molecule has 1 atom stereocenters. The fourth-order valence-corrected chi connectivity index (χ4v) is 4.62. The van der Waals surface area contributed by atoms with Crippen molar-refractivity contribution in [3.05, 3.63) is 107 Å². The highest BCUT2D eigenvalue weighted by Gasteiger charge is 2.29. The molecular weight excluding hydrogens is 428 g/mol. The molecule has 3 rings (SSSR count). The first-order valence-corrected chi connectivity index (χ1v) is 12.5.